The van der Waals surface area contributed by atoms with Crippen LogP contribution in [0.4, 0.5) is 4.79 Å². The number of carbonyl (C=O) groups is 1. The fraction of sp³-hybridized carbons (Fsp3) is 0.579. The summed E-state index contributed by atoms with van der Waals surface area (Å²) in [5.74, 6) is 1.62. The van der Waals surface area contributed by atoms with Crippen LogP contribution in [0.15, 0.2) is 22.9 Å². The maximum absolute atomic E-state index is 12.4. The summed E-state index contributed by atoms with van der Waals surface area (Å²) in [4.78, 5) is 22.9. The van der Waals surface area contributed by atoms with Crippen molar-refractivity contribution in [2.75, 3.05) is 7.05 Å². The van der Waals surface area contributed by atoms with E-state index in [0.717, 1.165) is 18.5 Å². The largest absolute Gasteiger partial charge is 0.339 e. The second kappa shape index (κ2) is 8.29. The zero-order valence-corrected chi connectivity index (χ0v) is 15.7. The van der Waals surface area contributed by atoms with Gasteiger partial charge in [-0.2, -0.15) is 4.98 Å². The van der Waals surface area contributed by atoms with Gasteiger partial charge in [-0.3, -0.25) is 4.98 Å². The first kappa shape index (κ1) is 18.4. The first-order valence-corrected chi connectivity index (χ1v) is 9.27. The summed E-state index contributed by atoms with van der Waals surface area (Å²) >= 11 is 0. The van der Waals surface area contributed by atoms with Crippen LogP contribution in [0.2, 0.25) is 0 Å². The minimum Gasteiger partial charge on any atom is -0.339 e. The predicted molar refractivity (Wildman–Crippen MR) is 97.6 cm³/mol. The van der Waals surface area contributed by atoms with Crippen molar-refractivity contribution in [1.29, 1.82) is 0 Å². The summed E-state index contributed by atoms with van der Waals surface area (Å²) in [6.07, 6.45) is 7.17. The molecule has 0 spiro atoms. The van der Waals surface area contributed by atoms with Crippen molar-refractivity contribution in [3.8, 4) is 0 Å². The van der Waals surface area contributed by atoms with Crippen LogP contribution in [0, 0.1) is 6.92 Å². The van der Waals surface area contributed by atoms with E-state index in [1.807, 2.05) is 26.0 Å². The van der Waals surface area contributed by atoms with Gasteiger partial charge in [0.25, 0.3) is 0 Å². The molecule has 1 aliphatic rings. The predicted octanol–water partition coefficient (Wildman–Crippen LogP) is 3.20. The summed E-state index contributed by atoms with van der Waals surface area (Å²) < 4.78 is 5.34. The van der Waals surface area contributed by atoms with E-state index in [-0.39, 0.29) is 18.6 Å². The third-order valence-electron chi connectivity index (χ3n) is 5.04. The van der Waals surface area contributed by atoms with Crippen molar-refractivity contribution >= 4 is 6.03 Å². The molecule has 26 heavy (non-hydrogen) atoms. The van der Waals surface area contributed by atoms with Crippen LogP contribution in [0.5, 0.6) is 0 Å². The quantitative estimate of drug-likeness (QED) is 0.858. The molecule has 7 nitrogen and oxygen atoms in total. The smallest absolute Gasteiger partial charge is 0.317 e. The van der Waals surface area contributed by atoms with E-state index in [0.29, 0.717) is 24.1 Å². The Morgan fingerprint density at radius 1 is 1.42 bits per heavy atom. The van der Waals surface area contributed by atoms with E-state index in [4.69, 9.17) is 4.52 Å². The molecule has 2 aromatic heterocycles. The number of likely N-dealkylation sites (N-methyl/N-ethyl adjacent to an activating group) is 1. The molecule has 2 aromatic rings. The molecule has 1 unspecified atom stereocenters. The third-order valence-corrected chi connectivity index (χ3v) is 5.04. The molecule has 2 amide bonds. The maximum atomic E-state index is 12.4. The number of aromatic nitrogens is 3. The number of amides is 2. The number of urea groups is 1. The number of aryl methyl sites for hydroxylation is 1. The van der Waals surface area contributed by atoms with Gasteiger partial charge in [0.2, 0.25) is 5.89 Å². The zero-order valence-electron chi connectivity index (χ0n) is 15.7. The fourth-order valence-electron chi connectivity index (χ4n) is 3.31. The summed E-state index contributed by atoms with van der Waals surface area (Å²) in [7, 11) is 1.79. The minimum absolute atomic E-state index is 0.0311. The van der Waals surface area contributed by atoms with E-state index in [1.165, 1.54) is 18.4 Å². The van der Waals surface area contributed by atoms with Crippen molar-refractivity contribution in [3.05, 3.63) is 41.3 Å². The average Bonchev–Trinajstić information content (AvgIpc) is 3.30. The molecule has 0 aliphatic heterocycles. The van der Waals surface area contributed by atoms with E-state index < -0.39 is 0 Å². The Labute approximate surface area is 154 Å². The van der Waals surface area contributed by atoms with E-state index in [1.54, 1.807) is 18.1 Å². The topological polar surface area (TPSA) is 84.2 Å². The first-order valence-electron chi connectivity index (χ1n) is 9.27. The highest BCUT2D eigenvalue weighted by molar-refractivity contribution is 5.74. The second-order valence-corrected chi connectivity index (χ2v) is 7.18. The number of hydrogen-bond donors (Lipinski definition) is 1. The van der Waals surface area contributed by atoms with Crippen LogP contribution in [-0.2, 0) is 13.0 Å². The highest BCUT2D eigenvalue weighted by Crippen LogP contribution is 2.32. The normalized spacial score (nSPS) is 15.8. The molecule has 0 radical (unpaired) electrons. The van der Waals surface area contributed by atoms with Crippen LogP contribution < -0.4 is 5.32 Å². The van der Waals surface area contributed by atoms with Crippen molar-refractivity contribution in [3.63, 3.8) is 0 Å². The van der Waals surface area contributed by atoms with Gasteiger partial charge < -0.3 is 14.7 Å². The summed E-state index contributed by atoms with van der Waals surface area (Å²) in [5, 5.41) is 6.85. The Bertz CT molecular complexity index is 739. The monoisotopic (exact) mass is 357 g/mol. The van der Waals surface area contributed by atoms with Gasteiger partial charge in [-0.25, -0.2) is 4.79 Å². The Morgan fingerprint density at radius 2 is 2.19 bits per heavy atom. The van der Waals surface area contributed by atoms with Crippen molar-refractivity contribution in [1.82, 2.24) is 25.3 Å². The molecule has 0 bridgehead atoms. The number of nitrogens with zero attached hydrogens (tertiary/aromatic N) is 4. The van der Waals surface area contributed by atoms with Gasteiger partial charge in [-0.1, -0.05) is 18.0 Å². The molecule has 0 saturated heterocycles. The van der Waals surface area contributed by atoms with Gasteiger partial charge in [-0.15, -0.1) is 0 Å². The fourth-order valence-corrected chi connectivity index (χ4v) is 3.31. The number of pyridine rings is 1. The molecular formula is C19H27N5O2. The summed E-state index contributed by atoms with van der Waals surface area (Å²) in [6.45, 7) is 4.32. The van der Waals surface area contributed by atoms with Gasteiger partial charge in [0.05, 0.1) is 6.54 Å². The number of carbonyl (C=O) groups excluding carboxylic acids is 1. The highest BCUT2D eigenvalue weighted by atomic mass is 16.5. The van der Waals surface area contributed by atoms with Crippen LogP contribution in [0.25, 0.3) is 0 Å². The molecular weight excluding hydrogens is 330 g/mol. The molecule has 1 atom stereocenters. The number of hydrogen-bond acceptors (Lipinski definition) is 5. The molecule has 1 N–H and O–H groups in total. The van der Waals surface area contributed by atoms with Gasteiger partial charge in [-0.05, 0) is 44.4 Å². The van der Waals surface area contributed by atoms with Crippen LogP contribution in [0.3, 0.4) is 0 Å². The molecule has 1 aliphatic carbocycles. The SMILES string of the molecule is Cc1ccnc(CC(C)N(C)C(=O)NCc2noc(C3CCCC3)n2)c1. The van der Waals surface area contributed by atoms with Gasteiger partial charge in [0.15, 0.2) is 5.82 Å². The van der Waals surface area contributed by atoms with E-state index >= 15 is 0 Å². The zero-order chi connectivity index (χ0) is 18.5. The van der Waals surface area contributed by atoms with Gasteiger partial charge in [0, 0.05) is 37.3 Å². The Hall–Kier alpha value is -2.44. The minimum atomic E-state index is -0.155. The summed E-state index contributed by atoms with van der Waals surface area (Å²) in [5.41, 5.74) is 2.15. The van der Waals surface area contributed by atoms with Crippen molar-refractivity contribution in [2.24, 2.45) is 0 Å². The third kappa shape index (κ3) is 4.59. The molecule has 1 fully saturated rings. The van der Waals surface area contributed by atoms with E-state index in [2.05, 4.69) is 20.4 Å². The van der Waals surface area contributed by atoms with Crippen LogP contribution >= 0.6 is 0 Å². The lowest BCUT2D eigenvalue weighted by Crippen LogP contribution is -2.43. The lowest BCUT2D eigenvalue weighted by molar-refractivity contribution is 0.192. The standard InChI is InChI=1S/C19H27N5O2/c1-13-8-9-20-16(10-13)11-14(2)24(3)19(25)21-12-17-22-18(26-23-17)15-6-4-5-7-15/h8-10,14-15H,4-7,11-12H2,1-3H3,(H,21,25). The summed E-state index contributed by atoms with van der Waals surface area (Å²) in [6, 6.07) is 3.89. The molecule has 140 valence electrons. The molecule has 3 rings (SSSR count). The van der Waals surface area contributed by atoms with Gasteiger partial charge >= 0.3 is 6.03 Å². The van der Waals surface area contributed by atoms with Crippen LogP contribution in [-0.4, -0.2) is 39.1 Å². The molecule has 2 heterocycles. The first-order chi connectivity index (χ1) is 12.5. The van der Waals surface area contributed by atoms with E-state index in [9.17, 15) is 4.79 Å². The van der Waals surface area contributed by atoms with Crippen molar-refractivity contribution < 1.29 is 9.32 Å². The second-order valence-electron chi connectivity index (χ2n) is 7.18. The molecule has 7 heteroatoms. The molecule has 1 saturated carbocycles. The molecule has 0 aromatic carbocycles. The number of rotatable bonds is 6. The lowest BCUT2D eigenvalue weighted by atomic mass is 10.1. The Balaban J connectivity index is 1.49. The average molecular weight is 357 g/mol. The van der Waals surface area contributed by atoms with Gasteiger partial charge in [0.1, 0.15) is 0 Å². The Kier molecular flexibility index (Phi) is 5.85. The highest BCUT2D eigenvalue weighted by Gasteiger charge is 2.23. The van der Waals surface area contributed by atoms with Crippen LogP contribution in [0.1, 0.15) is 61.5 Å². The maximum Gasteiger partial charge on any atom is 0.317 e. The Morgan fingerprint density at radius 3 is 2.92 bits per heavy atom. The lowest BCUT2D eigenvalue weighted by Gasteiger charge is -2.24. The number of nitrogens with one attached hydrogen (secondary N) is 1. The van der Waals surface area contributed by atoms with Crippen molar-refractivity contribution in [2.45, 2.75) is 64.5 Å².